The van der Waals surface area contributed by atoms with Gasteiger partial charge in [0, 0.05) is 45.3 Å². The number of amides is 1. The molecule has 1 N–H and O–H groups in total. The van der Waals surface area contributed by atoms with Crippen LogP contribution in [0, 0.1) is 11.8 Å². The smallest absolute Gasteiger partial charge is 0.222 e. The van der Waals surface area contributed by atoms with Crippen LogP contribution in [0.25, 0.3) is 0 Å². The monoisotopic (exact) mass is 330 g/mol. The number of fused-ring (bicyclic) bond motifs is 2. The number of piperidine rings is 1. The molecule has 0 aromatic carbocycles. The van der Waals surface area contributed by atoms with Crippen molar-refractivity contribution in [2.45, 2.75) is 63.5 Å². The number of carbonyl (C=O) groups is 1. The molecule has 0 aliphatic carbocycles. The molecular formula is C17H31ClN2O2. The molecule has 22 heavy (non-hydrogen) atoms. The van der Waals surface area contributed by atoms with Crippen LogP contribution in [-0.4, -0.2) is 49.7 Å². The van der Waals surface area contributed by atoms with E-state index in [1.807, 2.05) is 11.9 Å². The Morgan fingerprint density at radius 1 is 1.09 bits per heavy atom. The Hall–Kier alpha value is -0.320. The van der Waals surface area contributed by atoms with E-state index in [4.69, 9.17) is 4.74 Å². The highest BCUT2D eigenvalue weighted by Gasteiger charge is 2.34. The number of nitrogens with one attached hydrogen (secondary N) is 1. The van der Waals surface area contributed by atoms with E-state index in [2.05, 4.69) is 5.32 Å². The van der Waals surface area contributed by atoms with Crippen LogP contribution in [0.15, 0.2) is 0 Å². The van der Waals surface area contributed by atoms with Crippen LogP contribution >= 0.6 is 12.4 Å². The number of nitrogens with zero attached hydrogens (tertiary/aromatic N) is 1. The van der Waals surface area contributed by atoms with E-state index in [9.17, 15) is 4.79 Å². The van der Waals surface area contributed by atoms with E-state index in [1.54, 1.807) is 0 Å². The minimum absolute atomic E-state index is 0. The lowest BCUT2D eigenvalue weighted by Crippen LogP contribution is -2.40. The summed E-state index contributed by atoms with van der Waals surface area (Å²) < 4.78 is 5.39. The van der Waals surface area contributed by atoms with Crippen LogP contribution in [0.5, 0.6) is 0 Å². The average Bonchev–Trinajstić information content (AvgIpc) is 2.84. The molecule has 0 aromatic heterocycles. The second-order valence-corrected chi connectivity index (χ2v) is 7.34. The fourth-order valence-corrected chi connectivity index (χ4v) is 4.28. The molecule has 1 amide bonds. The Bertz CT molecular complexity index is 349. The van der Waals surface area contributed by atoms with Crippen LogP contribution in [0.1, 0.15) is 51.4 Å². The van der Waals surface area contributed by atoms with Gasteiger partial charge in [0.2, 0.25) is 5.91 Å². The van der Waals surface area contributed by atoms with Crippen molar-refractivity contribution in [1.82, 2.24) is 10.2 Å². The minimum atomic E-state index is 0. The number of ether oxygens (including phenoxy) is 1. The van der Waals surface area contributed by atoms with Crippen molar-refractivity contribution < 1.29 is 9.53 Å². The van der Waals surface area contributed by atoms with Gasteiger partial charge in [-0.15, -0.1) is 12.4 Å². The van der Waals surface area contributed by atoms with E-state index in [0.717, 1.165) is 38.5 Å². The molecule has 2 atom stereocenters. The van der Waals surface area contributed by atoms with Crippen molar-refractivity contribution in [3.05, 3.63) is 0 Å². The van der Waals surface area contributed by atoms with Crippen LogP contribution < -0.4 is 5.32 Å². The normalized spacial score (nSPS) is 31.6. The third kappa shape index (κ3) is 4.84. The lowest BCUT2D eigenvalue weighted by molar-refractivity contribution is -0.131. The number of rotatable bonds is 5. The molecule has 0 radical (unpaired) electrons. The molecule has 4 nitrogen and oxygen atoms in total. The number of hydrogen-bond acceptors (Lipinski definition) is 3. The predicted molar refractivity (Wildman–Crippen MR) is 90.3 cm³/mol. The molecule has 5 heteroatoms. The Kier molecular flexibility index (Phi) is 6.97. The topological polar surface area (TPSA) is 41.6 Å². The SMILES string of the molecule is CN(CCC1CCOCC1)C(=O)CC1CC2CCC(C1)N2.Cl. The Labute approximate surface area is 140 Å². The van der Waals surface area contributed by atoms with Gasteiger partial charge in [-0.3, -0.25) is 4.79 Å². The molecule has 2 unspecified atom stereocenters. The molecule has 128 valence electrons. The second-order valence-electron chi connectivity index (χ2n) is 7.34. The van der Waals surface area contributed by atoms with Gasteiger partial charge in [0.15, 0.2) is 0 Å². The lowest BCUT2D eigenvalue weighted by Gasteiger charge is -2.30. The fourth-order valence-electron chi connectivity index (χ4n) is 4.28. The van der Waals surface area contributed by atoms with Crippen molar-refractivity contribution in [2.24, 2.45) is 11.8 Å². The van der Waals surface area contributed by atoms with Gasteiger partial charge in [-0.1, -0.05) is 0 Å². The zero-order valence-electron chi connectivity index (χ0n) is 13.8. The lowest BCUT2D eigenvalue weighted by atomic mass is 9.89. The maximum absolute atomic E-state index is 12.4. The quantitative estimate of drug-likeness (QED) is 0.842. The molecule has 3 saturated heterocycles. The Morgan fingerprint density at radius 3 is 2.36 bits per heavy atom. The van der Waals surface area contributed by atoms with Gasteiger partial charge in [-0.25, -0.2) is 0 Å². The maximum atomic E-state index is 12.4. The van der Waals surface area contributed by atoms with Crippen LogP contribution in [-0.2, 0) is 9.53 Å². The largest absolute Gasteiger partial charge is 0.381 e. The Morgan fingerprint density at radius 2 is 1.73 bits per heavy atom. The number of carbonyl (C=O) groups excluding carboxylic acids is 1. The zero-order valence-corrected chi connectivity index (χ0v) is 14.6. The molecule has 0 aromatic rings. The van der Waals surface area contributed by atoms with E-state index < -0.39 is 0 Å². The molecule has 2 bridgehead atoms. The van der Waals surface area contributed by atoms with Crippen LogP contribution in [0.2, 0.25) is 0 Å². The van der Waals surface area contributed by atoms with E-state index in [1.165, 1.54) is 38.5 Å². The fraction of sp³-hybridized carbons (Fsp3) is 0.941. The summed E-state index contributed by atoms with van der Waals surface area (Å²) in [6.07, 6.45) is 9.28. The highest BCUT2D eigenvalue weighted by molar-refractivity contribution is 5.85. The van der Waals surface area contributed by atoms with Gasteiger partial charge in [-0.2, -0.15) is 0 Å². The van der Waals surface area contributed by atoms with Crippen molar-refractivity contribution in [2.75, 3.05) is 26.8 Å². The first-order valence-electron chi connectivity index (χ1n) is 8.78. The average molecular weight is 331 g/mol. The first-order chi connectivity index (χ1) is 10.2. The van der Waals surface area contributed by atoms with Crippen LogP contribution in [0.4, 0.5) is 0 Å². The highest BCUT2D eigenvalue weighted by Crippen LogP contribution is 2.33. The van der Waals surface area contributed by atoms with Gasteiger partial charge in [0.05, 0.1) is 0 Å². The van der Waals surface area contributed by atoms with Gasteiger partial charge in [-0.05, 0) is 56.8 Å². The summed E-state index contributed by atoms with van der Waals surface area (Å²) in [5, 5.41) is 3.65. The first kappa shape index (κ1) is 18.0. The number of hydrogen-bond donors (Lipinski definition) is 1. The third-order valence-corrected chi connectivity index (χ3v) is 5.67. The molecule has 3 rings (SSSR count). The zero-order chi connectivity index (χ0) is 14.7. The van der Waals surface area contributed by atoms with Gasteiger partial charge in [0.25, 0.3) is 0 Å². The molecule has 3 heterocycles. The molecule has 3 fully saturated rings. The summed E-state index contributed by atoms with van der Waals surface area (Å²) >= 11 is 0. The summed E-state index contributed by atoms with van der Waals surface area (Å²) in [7, 11) is 1.98. The molecule has 3 aliphatic heterocycles. The van der Waals surface area contributed by atoms with Crippen molar-refractivity contribution in [3.63, 3.8) is 0 Å². The minimum Gasteiger partial charge on any atom is -0.381 e. The molecule has 3 aliphatic rings. The van der Waals surface area contributed by atoms with Gasteiger partial charge < -0.3 is 15.0 Å². The number of halogens is 1. The summed E-state index contributed by atoms with van der Waals surface area (Å²) in [5.41, 5.74) is 0. The van der Waals surface area contributed by atoms with Crippen molar-refractivity contribution >= 4 is 18.3 Å². The highest BCUT2D eigenvalue weighted by atomic mass is 35.5. The van der Waals surface area contributed by atoms with E-state index in [0.29, 0.717) is 23.9 Å². The van der Waals surface area contributed by atoms with Crippen LogP contribution in [0.3, 0.4) is 0 Å². The summed E-state index contributed by atoms with van der Waals surface area (Å²) in [5.74, 6) is 1.72. The van der Waals surface area contributed by atoms with E-state index >= 15 is 0 Å². The summed E-state index contributed by atoms with van der Waals surface area (Å²) in [4.78, 5) is 14.4. The standard InChI is InChI=1S/C17H30N2O2.ClH/c1-19(7-4-13-5-8-21-9-6-13)17(20)12-14-10-15-2-3-16(11-14)18-15;/h13-16,18H,2-12H2,1H3;1H. The predicted octanol–water partition coefficient (Wildman–Crippen LogP) is 2.60. The summed E-state index contributed by atoms with van der Waals surface area (Å²) in [6.45, 7) is 2.72. The van der Waals surface area contributed by atoms with Crippen molar-refractivity contribution in [1.29, 1.82) is 0 Å². The second kappa shape index (κ2) is 8.51. The van der Waals surface area contributed by atoms with E-state index in [-0.39, 0.29) is 12.4 Å². The molecular weight excluding hydrogens is 300 g/mol. The van der Waals surface area contributed by atoms with Crippen molar-refractivity contribution in [3.8, 4) is 0 Å². The Balaban J connectivity index is 0.00000176. The van der Waals surface area contributed by atoms with Gasteiger partial charge in [0.1, 0.15) is 0 Å². The third-order valence-electron chi connectivity index (χ3n) is 5.67. The molecule has 0 spiro atoms. The first-order valence-corrected chi connectivity index (χ1v) is 8.78. The maximum Gasteiger partial charge on any atom is 0.222 e. The molecule has 0 saturated carbocycles. The summed E-state index contributed by atoms with van der Waals surface area (Å²) in [6, 6.07) is 1.38. The van der Waals surface area contributed by atoms with Gasteiger partial charge >= 0.3 is 0 Å².